The van der Waals surface area contributed by atoms with Gasteiger partial charge in [0.15, 0.2) is 11.0 Å². The van der Waals surface area contributed by atoms with E-state index in [0.29, 0.717) is 21.7 Å². The van der Waals surface area contributed by atoms with Crippen molar-refractivity contribution in [2.75, 3.05) is 11.1 Å². The first-order valence-corrected chi connectivity index (χ1v) is 12.1. The summed E-state index contributed by atoms with van der Waals surface area (Å²) in [6.07, 6.45) is 0. The van der Waals surface area contributed by atoms with E-state index in [1.807, 2.05) is 13.8 Å². The van der Waals surface area contributed by atoms with Crippen LogP contribution in [0.5, 0.6) is 0 Å². The monoisotopic (exact) mass is 536 g/mol. The second-order valence-electron chi connectivity index (χ2n) is 7.84. The Hall–Kier alpha value is -3.15. The molecule has 0 bridgehead atoms. The summed E-state index contributed by atoms with van der Waals surface area (Å²) in [6.45, 7) is 3.81. The number of nitrogens with zero attached hydrogens (tertiary/aromatic N) is 4. The van der Waals surface area contributed by atoms with Crippen molar-refractivity contribution >= 4 is 58.2 Å². The lowest BCUT2D eigenvalue weighted by Crippen LogP contribution is -2.33. The first-order valence-electron chi connectivity index (χ1n) is 10.4. The first kappa shape index (κ1) is 26.5. The van der Waals surface area contributed by atoms with E-state index in [9.17, 15) is 19.7 Å². The highest BCUT2D eigenvalue weighted by atomic mass is 35.5. The topological polar surface area (TPSA) is 132 Å². The highest BCUT2D eigenvalue weighted by Crippen LogP contribution is 2.30. The normalized spacial score (nSPS) is 11.8. The van der Waals surface area contributed by atoms with E-state index in [1.165, 1.54) is 36.0 Å². The second kappa shape index (κ2) is 11.5. The molecule has 0 unspecified atom stereocenters. The Balaban J connectivity index is 1.69. The Morgan fingerprint density at radius 3 is 2.57 bits per heavy atom. The molecule has 0 spiro atoms. The molecule has 0 aliphatic rings. The molecule has 0 saturated carbocycles. The van der Waals surface area contributed by atoms with Crippen LogP contribution in [0.15, 0.2) is 47.6 Å². The number of nitro benzene ring substituents is 1. The van der Waals surface area contributed by atoms with E-state index >= 15 is 0 Å². The summed E-state index contributed by atoms with van der Waals surface area (Å²) in [7, 11) is 1.73. The van der Waals surface area contributed by atoms with E-state index in [4.69, 9.17) is 23.2 Å². The van der Waals surface area contributed by atoms with E-state index in [1.54, 1.807) is 29.8 Å². The number of benzene rings is 2. The number of carbonyl (C=O) groups excluding carboxylic acids is 2. The van der Waals surface area contributed by atoms with Crippen LogP contribution < -0.4 is 10.6 Å². The number of amides is 2. The molecule has 10 nitrogen and oxygen atoms in total. The highest BCUT2D eigenvalue weighted by molar-refractivity contribution is 7.99. The quantitative estimate of drug-likeness (QED) is 0.226. The Morgan fingerprint density at radius 2 is 1.89 bits per heavy atom. The molecule has 0 radical (unpaired) electrons. The first-order chi connectivity index (χ1) is 16.6. The number of rotatable bonds is 9. The lowest BCUT2D eigenvalue weighted by atomic mass is 10.0. The second-order valence-corrected chi connectivity index (χ2v) is 9.57. The number of aromatic nitrogens is 3. The Kier molecular flexibility index (Phi) is 8.71. The maximum absolute atomic E-state index is 12.8. The zero-order valence-corrected chi connectivity index (χ0v) is 21.3. The predicted molar refractivity (Wildman–Crippen MR) is 135 cm³/mol. The number of hydrogen-bond acceptors (Lipinski definition) is 7. The van der Waals surface area contributed by atoms with E-state index < -0.39 is 16.9 Å². The lowest BCUT2D eigenvalue weighted by molar-refractivity contribution is -0.384. The number of thioether (sulfide) groups is 1. The molecule has 3 rings (SSSR count). The average Bonchev–Trinajstić information content (AvgIpc) is 3.18. The highest BCUT2D eigenvalue weighted by Gasteiger charge is 2.26. The Bertz CT molecular complexity index is 1270. The van der Waals surface area contributed by atoms with Crippen molar-refractivity contribution in [2.24, 2.45) is 13.0 Å². The smallest absolute Gasteiger partial charge is 0.270 e. The van der Waals surface area contributed by atoms with Crippen LogP contribution in [0, 0.1) is 16.0 Å². The third-order valence-electron chi connectivity index (χ3n) is 4.98. The summed E-state index contributed by atoms with van der Waals surface area (Å²) in [6, 6.07) is 9.92. The van der Waals surface area contributed by atoms with Gasteiger partial charge in [-0.15, -0.1) is 10.2 Å². The summed E-state index contributed by atoms with van der Waals surface area (Å²) < 4.78 is 1.70. The number of carbonyl (C=O) groups is 2. The molecule has 1 aromatic heterocycles. The number of non-ortho nitro benzene ring substituents is 1. The summed E-state index contributed by atoms with van der Waals surface area (Å²) in [5, 5.41) is 26.1. The predicted octanol–water partition coefficient (Wildman–Crippen LogP) is 4.89. The van der Waals surface area contributed by atoms with Gasteiger partial charge >= 0.3 is 0 Å². The standard InChI is InChI=1S/C22H22Cl2N6O4S/c1-12(2)19(26-21(32)13-6-4-7-14(10-13)30(33)34)20-27-28-22(29(20)3)35-11-17(31)25-16-9-5-8-15(23)18(16)24/h4-10,12,19H,11H2,1-3H3,(H,25,31)(H,26,32)/t19-/m1/s1. The van der Waals surface area contributed by atoms with E-state index in [-0.39, 0.29) is 33.9 Å². The van der Waals surface area contributed by atoms with Gasteiger partial charge in [0.25, 0.3) is 11.6 Å². The largest absolute Gasteiger partial charge is 0.342 e. The molecular weight excluding hydrogens is 515 g/mol. The Morgan fingerprint density at radius 1 is 1.17 bits per heavy atom. The number of hydrogen-bond donors (Lipinski definition) is 2. The van der Waals surface area contributed by atoms with E-state index in [0.717, 1.165) is 0 Å². The van der Waals surface area contributed by atoms with Crippen LogP contribution in [-0.4, -0.2) is 37.3 Å². The fraction of sp³-hybridized carbons (Fsp3) is 0.273. The van der Waals surface area contributed by atoms with Crippen LogP contribution in [0.1, 0.15) is 36.1 Å². The van der Waals surface area contributed by atoms with Gasteiger partial charge in [0.2, 0.25) is 5.91 Å². The maximum Gasteiger partial charge on any atom is 0.270 e. The molecule has 13 heteroatoms. The van der Waals surface area contributed by atoms with E-state index in [2.05, 4.69) is 20.8 Å². The van der Waals surface area contributed by atoms with Crippen LogP contribution in [-0.2, 0) is 11.8 Å². The molecule has 0 aliphatic carbocycles. The molecule has 0 fully saturated rings. The molecule has 3 aromatic rings. The van der Waals surface area contributed by atoms with Crippen LogP contribution in [0.4, 0.5) is 11.4 Å². The Labute approximate surface area is 215 Å². The van der Waals surface area contributed by atoms with Gasteiger partial charge in [0.05, 0.1) is 32.5 Å². The SMILES string of the molecule is CC(C)[C@@H](NC(=O)c1cccc([N+](=O)[O-])c1)c1nnc(SCC(=O)Nc2cccc(Cl)c2Cl)n1C. The fourth-order valence-electron chi connectivity index (χ4n) is 3.15. The molecule has 2 N–H and O–H groups in total. The minimum absolute atomic E-state index is 0.0429. The molecule has 0 saturated heterocycles. The lowest BCUT2D eigenvalue weighted by Gasteiger charge is -2.21. The van der Waals surface area contributed by atoms with Gasteiger partial charge in [-0.05, 0) is 24.1 Å². The zero-order valence-electron chi connectivity index (χ0n) is 19.0. The summed E-state index contributed by atoms with van der Waals surface area (Å²) in [5.41, 5.74) is 0.401. The molecular formula is C22H22Cl2N6O4S. The molecule has 1 heterocycles. The molecule has 0 aliphatic heterocycles. The van der Waals surface area contributed by atoms with Crippen molar-refractivity contribution in [3.05, 3.63) is 74.0 Å². The van der Waals surface area contributed by atoms with Gasteiger partial charge in [-0.3, -0.25) is 19.7 Å². The van der Waals surface area contributed by atoms with Crippen molar-refractivity contribution in [3.8, 4) is 0 Å². The molecule has 2 aromatic carbocycles. The molecule has 35 heavy (non-hydrogen) atoms. The molecule has 1 atom stereocenters. The van der Waals surface area contributed by atoms with Crippen LogP contribution in [0.25, 0.3) is 0 Å². The number of nitro groups is 1. The van der Waals surface area contributed by atoms with Crippen LogP contribution in [0.3, 0.4) is 0 Å². The maximum atomic E-state index is 12.8. The van der Waals surface area contributed by atoms with Crippen molar-refractivity contribution in [1.82, 2.24) is 20.1 Å². The van der Waals surface area contributed by atoms with Crippen molar-refractivity contribution in [2.45, 2.75) is 25.0 Å². The fourth-order valence-corrected chi connectivity index (χ4v) is 4.22. The third-order valence-corrected chi connectivity index (χ3v) is 6.82. The van der Waals surface area contributed by atoms with Crippen molar-refractivity contribution in [1.29, 1.82) is 0 Å². The van der Waals surface area contributed by atoms with Crippen molar-refractivity contribution in [3.63, 3.8) is 0 Å². The molecule has 2 amide bonds. The summed E-state index contributed by atoms with van der Waals surface area (Å²) in [4.78, 5) is 35.7. The molecule has 184 valence electrons. The summed E-state index contributed by atoms with van der Waals surface area (Å²) in [5.74, 6) is -0.307. The van der Waals surface area contributed by atoms with Gasteiger partial charge in [-0.1, -0.05) is 60.9 Å². The number of anilines is 1. The minimum Gasteiger partial charge on any atom is -0.342 e. The third kappa shape index (κ3) is 6.50. The van der Waals surface area contributed by atoms with Crippen LogP contribution >= 0.6 is 35.0 Å². The van der Waals surface area contributed by atoms with Gasteiger partial charge in [0, 0.05) is 24.7 Å². The van der Waals surface area contributed by atoms with Gasteiger partial charge in [0.1, 0.15) is 0 Å². The average molecular weight is 537 g/mol. The number of nitrogens with one attached hydrogen (secondary N) is 2. The summed E-state index contributed by atoms with van der Waals surface area (Å²) >= 11 is 13.3. The van der Waals surface area contributed by atoms with Crippen LogP contribution in [0.2, 0.25) is 10.0 Å². The van der Waals surface area contributed by atoms with Gasteiger partial charge in [-0.2, -0.15) is 0 Å². The van der Waals surface area contributed by atoms with Crippen molar-refractivity contribution < 1.29 is 14.5 Å². The van der Waals surface area contributed by atoms with Gasteiger partial charge in [-0.25, -0.2) is 0 Å². The van der Waals surface area contributed by atoms with Gasteiger partial charge < -0.3 is 15.2 Å². The minimum atomic E-state index is -0.556. The zero-order chi connectivity index (χ0) is 25.7. The number of halogens is 2.